The first-order chi connectivity index (χ1) is 11.9. The smallest absolute Gasteiger partial charge is 0.343 e. The van der Waals surface area contributed by atoms with Crippen LogP contribution in [0.5, 0.6) is 0 Å². The summed E-state index contributed by atoms with van der Waals surface area (Å²) in [5, 5.41) is 11.2. The highest BCUT2D eigenvalue weighted by Gasteiger charge is 2.29. The van der Waals surface area contributed by atoms with Gasteiger partial charge in [0.2, 0.25) is 5.91 Å². The van der Waals surface area contributed by atoms with Gasteiger partial charge in [-0.2, -0.15) is 18.4 Å². The summed E-state index contributed by atoms with van der Waals surface area (Å²) in [6.07, 6.45) is 7.51. The van der Waals surface area contributed by atoms with E-state index < -0.39 is 5.51 Å². The van der Waals surface area contributed by atoms with Gasteiger partial charge in [0.15, 0.2) is 0 Å². The molecule has 0 saturated heterocycles. The number of amides is 1. The van der Waals surface area contributed by atoms with Crippen LogP contribution in [0.3, 0.4) is 0 Å². The SMILES string of the molecule is N#CCNC(=O)C1CCCCC1C=Cc1ccc(SC(F)(F)F)cc1. The summed E-state index contributed by atoms with van der Waals surface area (Å²) in [7, 11) is 0. The van der Waals surface area contributed by atoms with Crippen LogP contribution in [0.15, 0.2) is 35.2 Å². The number of thioether (sulfide) groups is 1. The number of carbonyl (C=O) groups excluding carboxylic acids is 1. The average Bonchev–Trinajstić information content (AvgIpc) is 2.58. The summed E-state index contributed by atoms with van der Waals surface area (Å²) in [6, 6.07) is 8.05. The van der Waals surface area contributed by atoms with Gasteiger partial charge in [-0.25, -0.2) is 0 Å². The molecule has 1 aliphatic rings. The van der Waals surface area contributed by atoms with E-state index in [1.54, 1.807) is 12.1 Å². The van der Waals surface area contributed by atoms with E-state index in [4.69, 9.17) is 5.26 Å². The first-order valence-electron chi connectivity index (χ1n) is 8.08. The van der Waals surface area contributed by atoms with E-state index in [1.807, 2.05) is 18.2 Å². The predicted octanol–water partition coefficient (Wildman–Crippen LogP) is 4.76. The Balaban J connectivity index is 2.00. The molecule has 2 atom stereocenters. The summed E-state index contributed by atoms with van der Waals surface area (Å²) >= 11 is -0.136. The van der Waals surface area contributed by atoms with E-state index in [1.165, 1.54) is 12.1 Å². The van der Waals surface area contributed by atoms with E-state index in [0.29, 0.717) is 0 Å². The molecule has 0 bridgehead atoms. The van der Waals surface area contributed by atoms with Crippen molar-refractivity contribution in [3.05, 3.63) is 35.9 Å². The number of allylic oxidation sites excluding steroid dienone is 1. The molecule has 0 spiro atoms. The molecular weight excluding hydrogens is 349 g/mol. The fourth-order valence-electron chi connectivity index (χ4n) is 2.99. The maximum atomic E-state index is 12.3. The van der Waals surface area contributed by atoms with Crippen LogP contribution >= 0.6 is 11.8 Å². The van der Waals surface area contributed by atoms with Crippen molar-refractivity contribution < 1.29 is 18.0 Å². The molecule has 134 valence electrons. The fourth-order valence-corrected chi connectivity index (χ4v) is 3.53. The van der Waals surface area contributed by atoms with E-state index >= 15 is 0 Å². The van der Waals surface area contributed by atoms with Crippen LogP contribution in [0.4, 0.5) is 13.2 Å². The lowest BCUT2D eigenvalue weighted by atomic mass is 9.78. The number of hydrogen-bond donors (Lipinski definition) is 1. The summed E-state index contributed by atoms with van der Waals surface area (Å²) in [5.74, 6) is -0.178. The molecule has 0 aromatic heterocycles. The van der Waals surface area contributed by atoms with Gasteiger partial charge in [-0.1, -0.05) is 37.1 Å². The standard InChI is InChI=1S/C18H19F3N2OS/c19-18(20,21)25-15-9-6-13(7-10-15)5-8-14-3-1-2-4-16(14)17(24)23-12-11-22/h5-10,14,16H,1-4,12H2,(H,23,24). The molecule has 2 rings (SSSR count). The zero-order chi connectivity index (χ0) is 18.3. The highest BCUT2D eigenvalue weighted by molar-refractivity contribution is 8.00. The van der Waals surface area contributed by atoms with Crippen LogP contribution in [-0.4, -0.2) is 18.0 Å². The van der Waals surface area contributed by atoms with E-state index in [9.17, 15) is 18.0 Å². The number of nitrogens with zero attached hydrogens (tertiary/aromatic N) is 1. The Bertz CT molecular complexity index is 650. The molecule has 1 N–H and O–H groups in total. The molecule has 25 heavy (non-hydrogen) atoms. The second kappa shape index (κ2) is 8.95. The molecule has 1 aromatic carbocycles. The van der Waals surface area contributed by atoms with Crippen molar-refractivity contribution in [2.75, 3.05) is 6.54 Å². The number of nitrogens with one attached hydrogen (secondary N) is 1. The highest BCUT2D eigenvalue weighted by atomic mass is 32.2. The number of alkyl halides is 3. The van der Waals surface area contributed by atoms with Crippen LogP contribution in [0.1, 0.15) is 31.2 Å². The third-order valence-electron chi connectivity index (χ3n) is 4.15. The quantitative estimate of drug-likeness (QED) is 0.602. The molecule has 0 heterocycles. The number of nitriles is 1. The summed E-state index contributed by atoms with van der Waals surface area (Å²) in [5.41, 5.74) is -3.49. The second-order valence-electron chi connectivity index (χ2n) is 5.91. The first-order valence-corrected chi connectivity index (χ1v) is 8.89. The third kappa shape index (κ3) is 6.46. The molecule has 7 heteroatoms. The van der Waals surface area contributed by atoms with Crippen molar-refractivity contribution in [1.29, 1.82) is 5.26 Å². The van der Waals surface area contributed by atoms with Crippen molar-refractivity contribution in [3.63, 3.8) is 0 Å². The lowest BCUT2D eigenvalue weighted by molar-refractivity contribution is -0.126. The van der Waals surface area contributed by atoms with Gasteiger partial charge in [0.25, 0.3) is 0 Å². The van der Waals surface area contributed by atoms with Gasteiger partial charge in [0.05, 0.1) is 6.07 Å². The van der Waals surface area contributed by atoms with Crippen molar-refractivity contribution in [1.82, 2.24) is 5.32 Å². The van der Waals surface area contributed by atoms with Gasteiger partial charge in [0.1, 0.15) is 6.54 Å². The van der Waals surface area contributed by atoms with Gasteiger partial charge in [-0.3, -0.25) is 4.79 Å². The molecular formula is C18H19F3N2OS. The summed E-state index contributed by atoms with van der Waals surface area (Å²) in [6.45, 7) is 0.00407. The normalized spacial score (nSPS) is 21.0. The molecule has 1 aliphatic carbocycles. The van der Waals surface area contributed by atoms with Crippen molar-refractivity contribution in [3.8, 4) is 6.07 Å². The molecule has 1 aromatic rings. The number of hydrogen-bond acceptors (Lipinski definition) is 3. The minimum absolute atomic E-state index is 0.00407. The molecule has 0 aliphatic heterocycles. The minimum Gasteiger partial charge on any atom is -0.343 e. The largest absolute Gasteiger partial charge is 0.446 e. The molecule has 0 radical (unpaired) electrons. The molecule has 1 fully saturated rings. The van der Waals surface area contributed by atoms with Gasteiger partial charge >= 0.3 is 5.51 Å². The average molecular weight is 368 g/mol. The van der Waals surface area contributed by atoms with Crippen LogP contribution in [0.2, 0.25) is 0 Å². The Morgan fingerprint density at radius 2 is 1.96 bits per heavy atom. The molecule has 1 saturated carbocycles. The predicted molar refractivity (Wildman–Crippen MR) is 91.5 cm³/mol. The van der Waals surface area contributed by atoms with E-state index in [2.05, 4.69) is 5.32 Å². The zero-order valence-corrected chi connectivity index (χ0v) is 14.4. The monoisotopic (exact) mass is 368 g/mol. The topological polar surface area (TPSA) is 52.9 Å². The van der Waals surface area contributed by atoms with Gasteiger partial charge < -0.3 is 5.32 Å². The first kappa shape index (κ1) is 19.4. The molecule has 1 amide bonds. The highest BCUT2D eigenvalue weighted by Crippen LogP contribution is 2.37. The van der Waals surface area contributed by atoms with Crippen molar-refractivity contribution >= 4 is 23.7 Å². The summed E-state index contributed by atoms with van der Waals surface area (Å²) in [4.78, 5) is 12.3. The Kier molecular flexibility index (Phi) is 6.94. The maximum Gasteiger partial charge on any atom is 0.446 e. The lowest BCUT2D eigenvalue weighted by Crippen LogP contribution is -2.36. The number of rotatable bonds is 5. The van der Waals surface area contributed by atoms with Gasteiger partial charge in [-0.05, 0) is 48.2 Å². The Hall–Kier alpha value is -1.94. The molecule has 3 nitrogen and oxygen atoms in total. The lowest BCUT2D eigenvalue weighted by Gasteiger charge is -2.28. The van der Waals surface area contributed by atoms with Crippen molar-refractivity contribution in [2.24, 2.45) is 11.8 Å². The molecule has 2 unspecified atom stereocenters. The van der Waals surface area contributed by atoms with E-state index in [-0.39, 0.29) is 40.9 Å². The summed E-state index contributed by atoms with van der Waals surface area (Å²) < 4.78 is 37.0. The van der Waals surface area contributed by atoms with Crippen molar-refractivity contribution in [2.45, 2.75) is 36.1 Å². The number of halogens is 3. The number of carbonyl (C=O) groups is 1. The Labute approximate surface area is 149 Å². The zero-order valence-electron chi connectivity index (χ0n) is 13.6. The van der Waals surface area contributed by atoms with Crippen LogP contribution in [0, 0.1) is 23.2 Å². The maximum absolute atomic E-state index is 12.3. The minimum atomic E-state index is -4.29. The van der Waals surface area contributed by atoms with Crippen LogP contribution < -0.4 is 5.32 Å². The fraction of sp³-hybridized carbons (Fsp3) is 0.444. The Morgan fingerprint density at radius 3 is 2.60 bits per heavy atom. The van der Waals surface area contributed by atoms with Crippen LogP contribution in [0.25, 0.3) is 6.08 Å². The second-order valence-corrected chi connectivity index (χ2v) is 7.05. The van der Waals surface area contributed by atoms with E-state index in [0.717, 1.165) is 31.2 Å². The van der Waals surface area contributed by atoms with Gasteiger partial charge in [-0.15, -0.1) is 0 Å². The van der Waals surface area contributed by atoms with Crippen LogP contribution in [-0.2, 0) is 4.79 Å². The third-order valence-corrected chi connectivity index (χ3v) is 4.89. The van der Waals surface area contributed by atoms with Gasteiger partial charge in [0, 0.05) is 10.8 Å². The number of benzene rings is 1. The Morgan fingerprint density at radius 1 is 1.28 bits per heavy atom.